The third kappa shape index (κ3) is 2.74. The molecule has 2 heteroatoms. The van der Waals surface area contributed by atoms with E-state index in [0.717, 1.165) is 29.9 Å². The topological polar surface area (TPSA) is 20.3 Å². The molecule has 0 N–H and O–H groups in total. The van der Waals surface area contributed by atoms with Crippen LogP contribution in [-0.2, 0) is 6.42 Å². The van der Waals surface area contributed by atoms with Crippen molar-refractivity contribution in [3.05, 3.63) is 65.7 Å². The molecule has 0 amide bonds. The van der Waals surface area contributed by atoms with Gasteiger partial charge in [-0.15, -0.1) is 0 Å². The number of rotatable bonds is 4. The van der Waals surface area contributed by atoms with E-state index >= 15 is 0 Å². The van der Waals surface area contributed by atoms with E-state index in [9.17, 15) is 4.79 Å². The zero-order valence-electron chi connectivity index (χ0n) is 11.6. The fourth-order valence-corrected chi connectivity index (χ4v) is 2.82. The van der Waals surface area contributed by atoms with Crippen molar-refractivity contribution in [3.8, 4) is 0 Å². The van der Waals surface area contributed by atoms with Gasteiger partial charge in [0.05, 0.1) is 0 Å². The minimum atomic E-state index is 0.207. The molecule has 0 aliphatic carbocycles. The van der Waals surface area contributed by atoms with Crippen molar-refractivity contribution in [1.29, 1.82) is 0 Å². The van der Waals surface area contributed by atoms with Crippen LogP contribution in [0.2, 0.25) is 0 Å². The van der Waals surface area contributed by atoms with Gasteiger partial charge in [-0.3, -0.25) is 4.79 Å². The van der Waals surface area contributed by atoms with Crippen LogP contribution in [0, 0.1) is 0 Å². The summed E-state index contributed by atoms with van der Waals surface area (Å²) in [5, 5.41) is 0. The molecule has 3 rings (SSSR count). The molecule has 102 valence electrons. The van der Waals surface area contributed by atoms with Crippen molar-refractivity contribution in [2.75, 3.05) is 18.0 Å². The normalized spacial score (nSPS) is 14.5. The Bertz CT molecular complexity index is 585. The molecule has 0 radical (unpaired) electrons. The average molecular weight is 265 g/mol. The Labute approximate surface area is 120 Å². The second-order valence-corrected chi connectivity index (χ2v) is 5.30. The summed E-state index contributed by atoms with van der Waals surface area (Å²) in [5.41, 5.74) is 3.04. The SMILES string of the molecule is O=C(Cc1ccccc1)c1ccccc1N1CCCC1. The number of anilines is 1. The third-order valence-electron chi connectivity index (χ3n) is 3.86. The van der Waals surface area contributed by atoms with Crippen molar-refractivity contribution < 1.29 is 4.79 Å². The molecule has 0 bridgehead atoms. The number of hydrogen-bond donors (Lipinski definition) is 0. The smallest absolute Gasteiger partial charge is 0.169 e. The van der Waals surface area contributed by atoms with Crippen LogP contribution in [0.3, 0.4) is 0 Å². The summed E-state index contributed by atoms with van der Waals surface area (Å²) in [4.78, 5) is 14.9. The highest BCUT2D eigenvalue weighted by Gasteiger charge is 2.18. The van der Waals surface area contributed by atoms with Crippen molar-refractivity contribution in [2.45, 2.75) is 19.3 Å². The molecule has 1 fully saturated rings. The highest BCUT2D eigenvalue weighted by atomic mass is 16.1. The quantitative estimate of drug-likeness (QED) is 0.785. The number of Topliss-reactive ketones (excluding diaryl/α,β-unsaturated/α-hetero) is 1. The van der Waals surface area contributed by atoms with Gasteiger partial charge in [-0.25, -0.2) is 0 Å². The minimum absolute atomic E-state index is 0.207. The van der Waals surface area contributed by atoms with Crippen molar-refractivity contribution in [3.63, 3.8) is 0 Å². The first-order valence-corrected chi connectivity index (χ1v) is 7.26. The van der Waals surface area contributed by atoms with E-state index in [2.05, 4.69) is 11.0 Å². The van der Waals surface area contributed by atoms with Gasteiger partial charge in [0, 0.05) is 30.8 Å². The van der Waals surface area contributed by atoms with Gasteiger partial charge < -0.3 is 4.90 Å². The molecular formula is C18H19NO. The lowest BCUT2D eigenvalue weighted by molar-refractivity contribution is 0.0993. The van der Waals surface area contributed by atoms with E-state index in [0.29, 0.717) is 6.42 Å². The average Bonchev–Trinajstić information content (AvgIpc) is 3.02. The molecule has 2 aromatic rings. The van der Waals surface area contributed by atoms with Gasteiger partial charge in [-0.2, -0.15) is 0 Å². The summed E-state index contributed by atoms with van der Waals surface area (Å²) in [5.74, 6) is 0.207. The summed E-state index contributed by atoms with van der Waals surface area (Å²) >= 11 is 0. The number of benzene rings is 2. The maximum Gasteiger partial charge on any atom is 0.169 e. The summed E-state index contributed by atoms with van der Waals surface area (Å²) in [6, 6.07) is 18.0. The number of carbonyl (C=O) groups excluding carboxylic acids is 1. The molecule has 2 aromatic carbocycles. The Hall–Kier alpha value is -2.09. The van der Waals surface area contributed by atoms with Crippen LogP contribution in [0.1, 0.15) is 28.8 Å². The first kappa shape index (κ1) is 12.9. The van der Waals surface area contributed by atoms with E-state index in [4.69, 9.17) is 0 Å². The maximum atomic E-state index is 12.6. The first-order chi connectivity index (χ1) is 9.84. The van der Waals surface area contributed by atoms with E-state index in [1.807, 2.05) is 48.5 Å². The van der Waals surface area contributed by atoms with E-state index in [-0.39, 0.29) is 5.78 Å². The van der Waals surface area contributed by atoms with Crippen molar-refractivity contribution >= 4 is 11.5 Å². The Morgan fingerprint density at radius 1 is 0.900 bits per heavy atom. The molecule has 1 aliphatic rings. The number of carbonyl (C=O) groups is 1. The van der Waals surface area contributed by atoms with Crippen LogP contribution in [-0.4, -0.2) is 18.9 Å². The zero-order valence-corrected chi connectivity index (χ0v) is 11.6. The molecule has 0 aromatic heterocycles. The number of nitrogens with zero attached hydrogens (tertiary/aromatic N) is 1. The summed E-state index contributed by atoms with van der Waals surface area (Å²) in [6.45, 7) is 2.13. The highest BCUT2D eigenvalue weighted by Crippen LogP contribution is 2.25. The second kappa shape index (κ2) is 5.91. The molecule has 20 heavy (non-hydrogen) atoms. The van der Waals surface area contributed by atoms with Crippen LogP contribution < -0.4 is 4.90 Å². The maximum absolute atomic E-state index is 12.6. The summed E-state index contributed by atoms with van der Waals surface area (Å²) in [7, 11) is 0. The molecular weight excluding hydrogens is 246 g/mol. The monoisotopic (exact) mass is 265 g/mol. The van der Waals surface area contributed by atoms with Crippen LogP contribution in [0.25, 0.3) is 0 Å². The van der Waals surface area contributed by atoms with Crippen LogP contribution >= 0.6 is 0 Å². The lowest BCUT2D eigenvalue weighted by Crippen LogP contribution is -2.21. The highest BCUT2D eigenvalue weighted by molar-refractivity contribution is 6.02. The van der Waals surface area contributed by atoms with Gasteiger partial charge in [0.1, 0.15) is 0 Å². The lowest BCUT2D eigenvalue weighted by Gasteiger charge is -2.20. The van der Waals surface area contributed by atoms with Crippen molar-refractivity contribution in [2.24, 2.45) is 0 Å². The number of hydrogen-bond acceptors (Lipinski definition) is 2. The van der Waals surface area contributed by atoms with Crippen LogP contribution in [0.4, 0.5) is 5.69 Å². The second-order valence-electron chi connectivity index (χ2n) is 5.30. The van der Waals surface area contributed by atoms with Gasteiger partial charge in [-0.05, 0) is 30.5 Å². The fourth-order valence-electron chi connectivity index (χ4n) is 2.82. The number of ketones is 1. The van der Waals surface area contributed by atoms with Crippen molar-refractivity contribution in [1.82, 2.24) is 0 Å². The number of para-hydroxylation sites is 1. The van der Waals surface area contributed by atoms with Gasteiger partial charge in [0.15, 0.2) is 5.78 Å². The standard InChI is InChI=1S/C18H19NO/c20-18(14-15-8-2-1-3-9-15)16-10-4-5-11-17(16)19-12-6-7-13-19/h1-5,8-11H,6-7,12-14H2. The summed E-state index contributed by atoms with van der Waals surface area (Å²) in [6.07, 6.45) is 2.92. The predicted molar refractivity (Wildman–Crippen MR) is 82.4 cm³/mol. The lowest BCUT2D eigenvalue weighted by atomic mass is 10.0. The van der Waals surface area contributed by atoms with E-state index in [1.54, 1.807) is 0 Å². The molecule has 1 heterocycles. The third-order valence-corrected chi connectivity index (χ3v) is 3.86. The Morgan fingerprint density at radius 2 is 1.55 bits per heavy atom. The predicted octanol–water partition coefficient (Wildman–Crippen LogP) is 3.71. The van der Waals surface area contributed by atoms with Gasteiger partial charge >= 0.3 is 0 Å². The fraction of sp³-hybridized carbons (Fsp3) is 0.278. The molecule has 2 nitrogen and oxygen atoms in total. The largest absolute Gasteiger partial charge is 0.371 e. The molecule has 0 saturated carbocycles. The van der Waals surface area contributed by atoms with E-state index < -0.39 is 0 Å². The molecule has 0 spiro atoms. The van der Waals surface area contributed by atoms with Gasteiger partial charge in [0.2, 0.25) is 0 Å². The molecule has 1 aliphatic heterocycles. The van der Waals surface area contributed by atoms with Gasteiger partial charge in [0.25, 0.3) is 0 Å². The van der Waals surface area contributed by atoms with Crippen LogP contribution in [0.5, 0.6) is 0 Å². The summed E-state index contributed by atoms with van der Waals surface area (Å²) < 4.78 is 0. The minimum Gasteiger partial charge on any atom is -0.371 e. The Kier molecular flexibility index (Phi) is 3.82. The molecule has 1 saturated heterocycles. The van der Waals surface area contributed by atoms with Crippen LogP contribution in [0.15, 0.2) is 54.6 Å². The molecule has 0 unspecified atom stereocenters. The van der Waals surface area contributed by atoms with E-state index in [1.165, 1.54) is 12.8 Å². The Morgan fingerprint density at radius 3 is 2.30 bits per heavy atom. The first-order valence-electron chi connectivity index (χ1n) is 7.26. The molecule has 0 atom stereocenters. The Balaban J connectivity index is 1.84. The zero-order chi connectivity index (χ0) is 13.8. The van der Waals surface area contributed by atoms with Gasteiger partial charge in [-0.1, -0.05) is 42.5 Å².